The van der Waals surface area contributed by atoms with Crippen molar-refractivity contribution in [3.63, 3.8) is 0 Å². The van der Waals surface area contributed by atoms with Gasteiger partial charge < -0.3 is 10.4 Å². The van der Waals surface area contributed by atoms with Gasteiger partial charge in [-0.25, -0.2) is 9.18 Å². The second kappa shape index (κ2) is 6.32. The van der Waals surface area contributed by atoms with Crippen molar-refractivity contribution in [2.24, 2.45) is 0 Å². The maximum atomic E-state index is 12.8. The van der Waals surface area contributed by atoms with E-state index in [1.54, 1.807) is 6.07 Å². The van der Waals surface area contributed by atoms with Crippen molar-refractivity contribution in [1.29, 1.82) is 0 Å². The van der Waals surface area contributed by atoms with Gasteiger partial charge in [0.2, 0.25) is 0 Å². The number of anilines is 1. The molecule has 0 aliphatic heterocycles. The van der Waals surface area contributed by atoms with Crippen LogP contribution in [0.1, 0.15) is 11.7 Å². The predicted molar refractivity (Wildman–Crippen MR) is 80.0 cm³/mol. The Morgan fingerprint density at radius 2 is 1.95 bits per heavy atom. The van der Waals surface area contributed by atoms with Gasteiger partial charge in [-0.3, -0.25) is 4.98 Å². The maximum absolute atomic E-state index is 12.8. The number of benzene rings is 1. The molecule has 0 saturated heterocycles. The first-order valence-electron chi connectivity index (χ1n) is 5.53. The van der Waals surface area contributed by atoms with Crippen molar-refractivity contribution in [2.75, 3.05) is 5.32 Å². The standard InChI is InChI=1S/C13H9Br2FN2O2/c14-7-5-10(15)11(17-6-7)12(13(19)20)18-9-3-1-8(16)2-4-9/h1-6,12,18H,(H,19,20). The van der Waals surface area contributed by atoms with Crippen molar-refractivity contribution >= 4 is 43.5 Å². The summed E-state index contributed by atoms with van der Waals surface area (Å²) in [6.07, 6.45) is 1.52. The third-order valence-corrected chi connectivity index (χ3v) is 3.58. The molecule has 0 amide bonds. The predicted octanol–water partition coefficient (Wildman–Crippen LogP) is 3.98. The summed E-state index contributed by atoms with van der Waals surface area (Å²) in [4.78, 5) is 15.5. The molecule has 0 saturated carbocycles. The van der Waals surface area contributed by atoms with Crippen LogP contribution in [0.3, 0.4) is 0 Å². The monoisotopic (exact) mass is 402 g/mol. The first-order chi connectivity index (χ1) is 9.47. The highest BCUT2D eigenvalue weighted by molar-refractivity contribution is 9.11. The Morgan fingerprint density at radius 1 is 1.30 bits per heavy atom. The molecule has 1 heterocycles. The van der Waals surface area contributed by atoms with E-state index in [1.807, 2.05) is 0 Å². The molecule has 1 aromatic carbocycles. The number of aliphatic carboxylic acids is 1. The third-order valence-electron chi connectivity index (χ3n) is 2.51. The van der Waals surface area contributed by atoms with Crippen molar-refractivity contribution in [3.8, 4) is 0 Å². The number of halogens is 3. The molecule has 0 radical (unpaired) electrons. The molecule has 0 aliphatic rings. The quantitative estimate of drug-likeness (QED) is 0.810. The number of hydrogen-bond acceptors (Lipinski definition) is 3. The number of nitrogens with one attached hydrogen (secondary N) is 1. The molecule has 2 N–H and O–H groups in total. The smallest absolute Gasteiger partial charge is 0.332 e. The number of hydrogen-bond donors (Lipinski definition) is 2. The molecule has 2 rings (SSSR count). The Labute approximate surface area is 131 Å². The van der Waals surface area contributed by atoms with Gasteiger partial charge in [0.25, 0.3) is 0 Å². The van der Waals surface area contributed by atoms with Crippen molar-refractivity contribution in [2.45, 2.75) is 6.04 Å². The van der Waals surface area contributed by atoms with Gasteiger partial charge in [-0.05, 0) is 62.2 Å². The molecule has 0 bridgehead atoms. The number of nitrogens with zero attached hydrogens (tertiary/aromatic N) is 1. The highest BCUT2D eigenvalue weighted by Gasteiger charge is 2.23. The van der Waals surface area contributed by atoms with Crippen LogP contribution in [0.4, 0.5) is 10.1 Å². The summed E-state index contributed by atoms with van der Waals surface area (Å²) in [5.41, 5.74) is 0.834. The van der Waals surface area contributed by atoms with Crippen LogP contribution in [0, 0.1) is 5.82 Å². The van der Waals surface area contributed by atoms with E-state index in [0.29, 0.717) is 15.9 Å². The number of aromatic nitrogens is 1. The average molecular weight is 404 g/mol. The highest BCUT2D eigenvalue weighted by atomic mass is 79.9. The summed E-state index contributed by atoms with van der Waals surface area (Å²) in [6.45, 7) is 0. The van der Waals surface area contributed by atoms with Gasteiger partial charge in [0.15, 0.2) is 6.04 Å². The van der Waals surface area contributed by atoms with Crippen LogP contribution in [0.5, 0.6) is 0 Å². The van der Waals surface area contributed by atoms with Crippen molar-refractivity contribution in [1.82, 2.24) is 4.98 Å². The van der Waals surface area contributed by atoms with E-state index in [4.69, 9.17) is 0 Å². The van der Waals surface area contributed by atoms with Gasteiger partial charge in [0.1, 0.15) is 5.82 Å². The Balaban J connectivity index is 2.31. The minimum Gasteiger partial charge on any atom is -0.479 e. The number of carboxylic acid groups (broad SMARTS) is 1. The fourth-order valence-electron chi connectivity index (χ4n) is 1.60. The summed E-state index contributed by atoms with van der Waals surface area (Å²) in [7, 11) is 0. The first kappa shape index (κ1) is 14.9. The van der Waals surface area contributed by atoms with Crippen LogP contribution >= 0.6 is 31.9 Å². The van der Waals surface area contributed by atoms with Crippen LogP contribution in [-0.2, 0) is 4.79 Å². The SMILES string of the molecule is O=C(O)C(Nc1ccc(F)cc1)c1ncc(Br)cc1Br. The van der Waals surface area contributed by atoms with E-state index in [0.717, 1.165) is 4.47 Å². The normalized spacial score (nSPS) is 11.9. The van der Waals surface area contributed by atoms with E-state index >= 15 is 0 Å². The van der Waals surface area contributed by atoms with E-state index in [1.165, 1.54) is 30.5 Å². The molecule has 2 aromatic rings. The summed E-state index contributed by atoms with van der Waals surface area (Å²) in [6, 6.07) is 6.13. The summed E-state index contributed by atoms with van der Waals surface area (Å²) < 4.78 is 14.1. The molecule has 7 heteroatoms. The number of carbonyl (C=O) groups is 1. The number of pyridine rings is 1. The molecule has 0 spiro atoms. The van der Waals surface area contributed by atoms with Crippen LogP contribution < -0.4 is 5.32 Å². The lowest BCUT2D eigenvalue weighted by atomic mass is 10.1. The molecular weight excluding hydrogens is 395 g/mol. The van der Waals surface area contributed by atoms with Gasteiger partial charge in [0, 0.05) is 20.8 Å². The van der Waals surface area contributed by atoms with Crippen LogP contribution in [0.15, 0.2) is 45.5 Å². The molecular formula is C13H9Br2FN2O2. The molecule has 0 aliphatic carbocycles. The van der Waals surface area contributed by atoms with Gasteiger partial charge in [0.05, 0.1) is 5.69 Å². The Hall–Kier alpha value is -1.47. The molecule has 1 aromatic heterocycles. The zero-order valence-corrected chi connectivity index (χ0v) is 13.2. The molecule has 1 unspecified atom stereocenters. The van der Waals surface area contributed by atoms with Gasteiger partial charge >= 0.3 is 5.97 Å². The minimum atomic E-state index is -1.08. The Bertz CT molecular complexity index is 635. The van der Waals surface area contributed by atoms with Crippen LogP contribution in [0.2, 0.25) is 0 Å². The maximum Gasteiger partial charge on any atom is 0.332 e. The summed E-state index contributed by atoms with van der Waals surface area (Å²) in [5, 5.41) is 12.1. The van der Waals surface area contributed by atoms with Crippen LogP contribution in [-0.4, -0.2) is 16.1 Å². The Kier molecular flexibility index (Phi) is 4.72. The largest absolute Gasteiger partial charge is 0.479 e. The molecule has 0 fully saturated rings. The average Bonchev–Trinajstić information content (AvgIpc) is 2.39. The fourth-order valence-corrected chi connectivity index (χ4v) is 2.81. The second-order valence-corrected chi connectivity index (χ2v) is 5.71. The lowest BCUT2D eigenvalue weighted by Gasteiger charge is -2.16. The second-order valence-electron chi connectivity index (χ2n) is 3.94. The van der Waals surface area contributed by atoms with Crippen molar-refractivity contribution in [3.05, 3.63) is 57.0 Å². The number of carboxylic acids is 1. The van der Waals surface area contributed by atoms with E-state index in [2.05, 4.69) is 42.2 Å². The van der Waals surface area contributed by atoms with Crippen molar-refractivity contribution < 1.29 is 14.3 Å². The summed E-state index contributed by atoms with van der Waals surface area (Å²) in [5.74, 6) is -1.46. The molecule has 104 valence electrons. The van der Waals surface area contributed by atoms with Gasteiger partial charge in [-0.1, -0.05) is 0 Å². The van der Waals surface area contributed by atoms with E-state index in [-0.39, 0.29) is 5.82 Å². The highest BCUT2D eigenvalue weighted by Crippen LogP contribution is 2.27. The third kappa shape index (κ3) is 3.55. The summed E-state index contributed by atoms with van der Waals surface area (Å²) >= 11 is 6.54. The van der Waals surface area contributed by atoms with Gasteiger partial charge in [-0.15, -0.1) is 0 Å². The zero-order valence-electron chi connectivity index (χ0n) is 9.98. The molecule has 4 nitrogen and oxygen atoms in total. The lowest BCUT2D eigenvalue weighted by Crippen LogP contribution is -2.22. The minimum absolute atomic E-state index is 0.338. The number of rotatable bonds is 4. The molecule has 1 atom stereocenters. The van der Waals surface area contributed by atoms with Crippen LogP contribution in [0.25, 0.3) is 0 Å². The zero-order chi connectivity index (χ0) is 14.7. The topological polar surface area (TPSA) is 62.2 Å². The fraction of sp³-hybridized carbons (Fsp3) is 0.0769. The van der Waals surface area contributed by atoms with E-state index < -0.39 is 12.0 Å². The lowest BCUT2D eigenvalue weighted by molar-refractivity contribution is -0.138. The first-order valence-corrected chi connectivity index (χ1v) is 7.12. The molecule has 20 heavy (non-hydrogen) atoms. The van der Waals surface area contributed by atoms with E-state index in [9.17, 15) is 14.3 Å². The Morgan fingerprint density at radius 3 is 2.50 bits per heavy atom. The van der Waals surface area contributed by atoms with Gasteiger partial charge in [-0.2, -0.15) is 0 Å².